The number of rotatable bonds is 5. The number of hydrogen-bond donors (Lipinski definition) is 2. The Morgan fingerprint density at radius 3 is 2.39 bits per heavy atom. The number of benzene rings is 1. The summed E-state index contributed by atoms with van der Waals surface area (Å²) in [4.78, 5) is 0. The van der Waals surface area contributed by atoms with Crippen molar-refractivity contribution in [1.29, 1.82) is 0 Å². The van der Waals surface area contributed by atoms with Crippen LogP contribution >= 0.6 is 11.6 Å². The Morgan fingerprint density at radius 2 is 1.94 bits per heavy atom. The molecule has 0 radical (unpaired) electrons. The molecule has 0 unspecified atom stereocenters. The number of hydrogen-bond acceptors (Lipinski definition) is 2. The first-order valence-electron chi connectivity index (χ1n) is 6.71. The highest BCUT2D eigenvalue weighted by Gasteiger charge is 2.43. The standard InChI is InChI=1S/C15H22ClNO/c1-11(10-18)9-14(17)15(7-2-8-15)12-3-5-13(16)6-4-12/h3-6,11,14,18H,2,7-10,17H2,1H3/t11-,14-/m0/s1. The molecular weight excluding hydrogens is 246 g/mol. The van der Waals surface area contributed by atoms with Crippen LogP contribution in [0.15, 0.2) is 24.3 Å². The van der Waals surface area contributed by atoms with Crippen LogP contribution in [0.1, 0.15) is 38.2 Å². The van der Waals surface area contributed by atoms with Gasteiger partial charge in [0.05, 0.1) is 0 Å². The predicted octanol–water partition coefficient (Wildman–Crippen LogP) is 3.11. The Bertz CT molecular complexity index is 386. The highest BCUT2D eigenvalue weighted by Crippen LogP contribution is 2.47. The summed E-state index contributed by atoms with van der Waals surface area (Å²) in [5, 5.41) is 9.94. The van der Waals surface area contributed by atoms with Crippen molar-refractivity contribution in [3.63, 3.8) is 0 Å². The summed E-state index contributed by atoms with van der Waals surface area (Å²) < 4.78 is 0. The zero-order valence-corrected chi connectivity index (χ0v) is 11.7. The van der Waals surface area contributed by atoms with Gasteiger partial charge in [0.2, 0.25) is 0 Å². The van der Waals surface area contributed by atoms with E-state index < -0.39 is 0 Å². The summed E-state index contributed by atoms with van der Waals surface area (Å²) in [6.45, 7) is 2.26. The van der Waals surface area contributed by atoms with Crippen molar-refractivity contribution in [3.05, 3.63) is 34.9 Å². The smallest absolute Gasteiger partial charge is 0.0457 e. The van der Waals surface area contributed by atoms with Crippen LogP contribution in [0.4, 0.5) is 0 Å². The average molecular weight is 268 g/mol. The number of aliphatic hydroxyl groups is 1. The molecule has 3 heteroatoms. The van der Waals surface area contributed by atoms with Crippen molar-refractivity contribution in [2.75, 3.05) is 6.61 Å². The molecule has 1 aromatic rings. The van der Waals surface area contributed by atoms with E-state index >= 15 is 0 Å². The topological polar surface area (TPSA) is 46.2 Å². The fourth-order valence-corrected chi connectivity index (χ4v) is 3.07. The summed E-state index contributed by atoms with van der Waals surface area (Å²) in [7, 11) is 0. The van der Waals surface area contributed by atoms with Crippen LogP contribution in [0.5, 0.6) is 0 Å². The van der Waals surface area contributed by atoms with Crippen molar-refractivity contribution in [3.8, 4) is 0 Å². The lowest BCUT2D eigenvalue weighted by Crippen LogP contribution is -2.51. The van der Waals surface area contributed by atoms with Gasteiger partial charge in [-0.3, -0.25) is 0 Å². The van der Waals surface area contributed by atoms with Crippen LogP contribution in [0, 0.1) is 5.92 Å². The molecule has 0 heterocycles. The molecule has 2 atom stereocenters. The summed E-state index contributed by atoms with van der Waals surface area (Å²) >= 11 is 5.95. The Labute approximate surface area is 114 Å². The van der Waals surface area contributed by atoms with Crippen LogP contribution in [0.2, 0.25) is 5.02 Å². The zero-order chi connectivity index (χ0) is 13.2. The van der Waals surface area contributed by atoms with E-state index in [1.807, 2.05) is 19.1 Å². The van der Waals surface area contributed by atoms with Crippen molar-refractivity contribution in [2.45, 2.75) is 44.1 Å². The molecule has 100 valence electrons. The van der Waals surface area contributed by atoms with Gasteiger partial charge in [-0.15, -0.1) is 0 Å². The largest absolute Gasteiger partial charge is 0.396 e. The molecule has 0 amide bonds. The summed E-state index contributed by atoms with van der Waals surface area (Å²) in [6, 6.07) is 8.21. The predicted molar refractivity (Wildman–Crippen MR) is 75.8 cm³/mol. The van der Waals surface area contributed by atoms with Gasteiger partial charge in [0, 0.05) is 23.1 Å². The van der Waals surface area contributed by atoms with Crippen LogP contribution in [0.25, 0.3) is 0 Å². The lowest BCUT2D eigenvalue weighted by molar-refractivity contribution is 0.153. The highest BCUT2D eigenvalue weighted by molar-refractivity contribution is 6.30. The second-order valence-corrected chi connectivity index (χ2v) is 6.08. The Hall–Kier alpha value is -0.570. The maximum atomic E-state index is 9.17. The molecular formula is C15H22ClNO. The van der Waals surface area contributed by atoms with E-state index in [1.165, 1.54) is 12.0 Å². The quantitative estimate of drug-likeness (QED) is 0.861. The molecule has 18 heavy (non-hydrogen) atoms. The molecule has 1 aliphatic carbocycles. The second-order valence-electron chi connectivity index (χ2n) is 5.65. The molecule has 2 nitrogen and oxygen atoms in total. The van der Waals surface area contributed by atoms with Crippen molar-refractivity contribution < 1.29 is 5.11 Å². The number of nitrogens with two attached hydrogens (primary N) is 1. The molecule has 1 saturated carbocycles. The molecule has 0 spiro atoms. The fraction of sp³-hybridized carbons (Fsp3) is 0.600. The molecule has 3 N–H and O–H groups in total. The Balaban J connectivity index is 2.17. The van der Waals surface area contributed by atoms with E-state index in [4.69, 9.17) is 17.3 Å². The second kappa shape index (κ2) is 5.60. The molecule has 0 aromatic heterocycles. The van der Waals surface area contributed by atoms with E-state index in [2.05, 4.69) is 12.1 Å². The maximum absolute atomic E-state index is 9.17. The van der Waals surface area contributed by atoms with Gasteiger partial charge in [0.1, 0.15) is 0 Å². The van der Waals surface area contributed by atoms with Gasteiger partial charge < -0.3 is 10.8 Å². The van der Waals surface area contributed by atoms with Gasteiger partial charge in [0.15, 0.2) is 0 Å². The third kappa shape index (κ3) is 2.56. The van der Waals surface area contributed by atoms with E-state index in [9.17, 15) is 5.11 Å². The van der Waals surface area contributed by atoms with Crippen molar-refractivity contribution >= 4 is 11.6 Å². The van der Waals surface area contributed by atoms with Gasteiger partial charge >= 0.3 is 0 Å². The van der Waals surface area contributed by atoms with Crippen LogP contribution in [-0.4, -0.2) is 17.8 Å². The summed E-state index contributed by atoms with van der Waals surface area (Å²) in [5.41, 5.74) is 7.82. The van der Waals surface area contributed by atoms with Crippen molar-refractivity contribution in [2.24, 2.45) is 11.7 Å². The lowest BCUT2D eigenvalue weighted by Gasteiger charge is -2.47. The van der Waals surface area contributed by atoms with E-state index in [0.717, 1.165) is 24.3 Å². The minimum Gasteiger partial charge on any atom is -0.396 e. The lowest BCUT2D eigenvalue weighted by atomic mass is 9.59. The number of aliphatic hydroxyl groups excluding tert-OH is 1. The monoisotopic (exact) mass is 267 g/mol. The molecule has 0 bridgehead atoms. The number of halogens is 1. The van der Waals surface area contributed by atoms with Crippen LogP contribution in [0.3, 0.4) is 0 Å². The highest BCUT2D eigenvalue weighted by atomic mass is 35.5. The third-order valence-electron chi connectivity index (χ3n) is 4.34. The molecule has 0 aliphatic heterocycles. The van der Waals surface area contributed by atoms with E-state index in [-0.39, 0.29) is 24.0 Å². The molecule has 2 rings (SSSR count). The normalized spacial score (nSPS) is 21.1. The SMILES string of the molecule is C[C@H](CO)C[C@H](N)C1(c2ccc(Cl)cc2)CCC1. The Morgan fingerprint density at radius 1 is 1.33 bits per heavy atom. The Kier molecular flexibility index (Phi) is 4.31. The molecule has 0 saturated heterocycles. The van der Waals surface area contributed by atoms with Gasteiger partial charge in [-0.25, -0.2) is 0 Å². The fourth-order valence-electron chi connectivity index (χ4n) is 2.95. The van der Waals surface area contributed by atoms with Crippen molar-refractivity contribution in [1.82, 2.24) is 0 Å². The zero-order valence-electron chi connectivity index (χ0n) is 10.9. The maximum Gasteiger partial charge on any atom is 0.0457 e. The van der Waals surface area contributed by atoms with Gasteiger partial charge in [-0.1, -0.05) is 37.1 Å². The first-order chi connectivity index (χ1) is 8.58. The third-order valence-corrected chi connectivity index (χ3v) is 4.59. The molecule has 1 aromatic carbocycles. The van der Waals surface area contributed by atoms with E-state index in [0.29, 0.717) is 0 Å². The average Bonchev–Trinajstić information content (AvgIpc) is 2.30. The summed E-state index contributed by atoms with van der Waals surface area (Å²) in [6.07, 6.45) is 4.41. The first kappa shape index (κ1) is 13.9. The van der Waals surface area contributed by atoms with Gasteiger partial charge in [-0.05, 0) is 42.9 Å². The van der Waals surface area contributed by atoms with Crippen LogP contribution in [-0.2, 0) is 5.41 Å². The molecule has 1 aliphatic rings. The molecule has 1 fully saturated rings. The minimum absolute atomic E-state index is 0.105. The first-order valence-corrected chi connectivity index (χ1v) is 7.09. The van der Waals surface area contributed by atoms with Gasteiger partial charge in [-0.2, -0.15) is 0 Å². The minimum atomic E-state index is 0.105. The van der Waals surface area contributed by atoms with E-state index in [1.54, 1.807) is 0 Å². The van der Waals surface area contributed by atoms with Crippen LogP contribution < -0.4 is 5.73 Å². The van der Waals surface area contributed by atoms with Gasteiger partial charge in [0.25, 0.3) is 0 Å². The summed E-state index contributed by atoms with van der Waals surface area (Å²) in [5.74, 6) is 0.268.